The van der Waals surface area contributed by atoms with Crippen molar-refractivity contribution in [3.63, 3.8) is 0 Å². The lowest BCUT2D eigenvalue weighted by Gasteiger charge is -2.08. The number of alkyl halides is 2. The number of hydrogen-bond acceptors (Lipinski definition) is 4. The van der Waals surface area contributed by atoms with Gasteiger partial charge in [-0.15, -0.1) is 0 Å². The first-order chi connectivity index (χ1) is 7.27. The van der Waals surface area contributed by atoms with Crippen LogP contribution >= 0.6 is 22.3 Å². The molecule has 16 heavy (non-hydrogen) atoms. The molecule has 1 rings (SSSR count). The Labute approximate surface area is 99.6 Å². The lowest BCUT2D eigenvalue weighted by Crippen LogP contribution is -2.02. The number of aromatic nitrogens is 1. The Hall–Kier alpha value is -0.660. The fraction of sp³-hybridized carbons (Fsp3) is 0.286. The van der Waals surface area contributed by atoms with Gasteiger partial charge in [-0.05, 0) is 6.07 Å². The highest BCUT2D eigenvalue weighted by Crippen LogP contribution is 2.33. The highest BCUT2D eigenvalue weighted by molar-refractivity contribution is 8.13. The second-order valence-corrected chi connectivity index (χ2v) is 5.45. The molecule has 0 bridgehead atoms. The Kier molecular flexibility index (Phi) is 3.92. The molecule has 1 aromatic heterocycles. The number of hydrogen-bond donors (Lipinski definition) is 0. The van der Waals surface area contributed by atoms with Crippen molar-refractivity contribution in [2.45, 2.75) is 11.5 Å². The van der Waals surface area contributed by atoms with Crippen molar-refractivity contribution >= 4 is 31.3 Å². The van der Waals surface area contributed by atoms with E-state index in [0.717, 1.165) is 13.2 Å². The standard InChI is InChI=1S/C7H5Cl2F2NO3S/c1-15-4-2-3(6(10)11)5(8)12-7(4)16(9,13)14/h2,6H,1H3. The van der Waals surface area contributed by atoms with Crippen molar-refractivity contribution in [2.75, 3.05) is 7.11 Å². The van der Waals surface area contributed by atoms with E-state index in [0.29, 0.717) is 0 Å². The van der Waals surface area contributed by atoms with Crippen molar-refractivity contribution in [3.05, 3.63) is 16.8 Å². The summed E-state index contributed by atoms with van der Waals surface area (Å²) in [5.41, 5.74) is -0.623. The third kappa shape index (κ3) is 2.72. The first-order valence-electron chi connectivity index (χ1n) is 3.74. The maximum atomic E-state index is 12.4. The molecule has 9 heteroatoms. The van der Waals surface area contributed by atoms with Crippen molar-refractivity contribution < 1.29 is 21.9 Å². The van der Waals surface area contributed by atoms with Crippen molar-refractivity contribution in [3.8, 4) is 5.75 Å². The van der Waals surface area contributed by atoms with E-state index in [1.165, 1.54) is 0 Å². The fourth-order valence-electron chi connectivity index (χ4n) is 0.945. The van der Waals surface area contributed by atoms with E-state index >= 15 is 0 Å². The van der Waals surface area contributed by atoms with Crippen LogP contribution in [0.25, 0.3) is 0 Å². The monoisotopic (exact) mass is 291 g/mol. The Morgan fingerprint density at radius 3 is 2.44 bits per heavy atom. The molecule has 4 nitrogen and oxygen atoms in total. The van der Waals surface area contributed by atoms with Crippen LogP contribution in [0.3, 0.4) is 0 Å². The number of pyridine rings is 1. The minimum Gasteiger partial charge on any atom is -0.494 e. The molecule has 0 amide bonds. The van der Waals surface area contributed by atoms with Crippen LogP contribution in [0.5, 0.6) is 5.75 Å². The van der Waals surface area contributed by atoms with E-state index in [1.54, 1.807) is 0 Å². The molecule has 90 valence electrons. The topological polar surface area (TPSA) is 56.3 Å². The predicted molar refractivity (Wildman–Crippen MR) is 53.8 cm³/mol. The third-order valence-electron chi connectivity index (χ3n) is 1.62. The molecule has 0 N–H and O–H groups in total. The van der Waals surface area contributed by atoms with E-state index in [1.807, 2.05) is 0 Å². The normalized spacial score (nSPS) is 11.9. The first kappa shape index (κ1) is 13.4. The number of ether oxygens (including phenoxy) is 1. The maximum Gasteiger partial charge on any atom is 0.282 e. The van der Waals surface area contributed by atoms with Gasteiger partial charge in [0.15, 0.2) is 5.75 Å². The zero-order valence-corrected chi connectivity index (χ0v) is 10.1. The van der Waals surface area contributed by atoms with Crippen LogP contribution in [-0.4, -0.2) is 20.5 Å². The third-order valence-corrected chi connectivity index (χ3v) is 3.12. The minimum absolute atomic E-state index is 0.380. The van der Waals surface area contributed by atoms with Crippen LogP contribution in [0.4, 0.5) is 8.78 Å². The van der Waals surface area contributed by atoms with Crippen molar-refractivity contribution in [1.82, 2.24) is 4.98 Å². The molecular weight excluding hydrogens is 287 g/mol. The summed E-state index contributed by atoms with van der Waals surface area (Å²) in [5, 5.41) is -1.32. The van der Waals surface area contributed by atoms with Gasteiger partial charge in [0.05, 0.1) is 12.7 Å². The molecule has 0 radical (unpaired) electrons. The summed E-state index contributed by atoms with van der Waals surface area (Å²) in [7, 11) is 1.93. The van der Waals surface area contributed by atoms with E-state index in [9.17, 15) is 17.2 Å². The van der Waals surface area contributed by atoms with E-state index in [-0.39, 0.29) is 5.75 Å². The van der Waals surface area contributed by atoms with Gasteiger partial charge in [0.2, 0.25) is 5.03 Å². The number of nitrogens with zero attached hydrogens (tertiary/aromatic N) is 1. The smallest absolute Gasteiger partial charge is 0.282 e. The van der Waals surface area contributed by atoms with Gasteiger partial charge in [-0.25, -0.2) is 22.2 Å². The Morgan fingerprint density at radius 2 is 2.06 bits per heavy atom. The van der Waals surface area contributed by atoms with Gasteiger partial charge in [0, 0.05) is 10.7 Å². The fourth-order valence-corrected chi connectivity index (χ4v) is 2.13. The number of rotatable bonds is 3. The average molecular weight is 292 g/mol. The molecule has 0 unspecified atom stereocenters. The summed E-state index contributed by atoms with van der Waals surface area (Å²) in [4.78, 5) is 3.28. The second kappa shape index (κ2) is 4.68. The molecule has 1 aromatic rings. The van der Waals surface area contributed by atoms with Crippen LogP contribution in [0.1, 0.15) is 12.0 Å². The second-order valence-electron chi connectivity index (χ2n) is 2.61. The van der Waals surface area contributed by atoms with E-state index in [2.05, 4.69) is 9.72 Å². The summed E-state index contributed by atoms with van der Waals surface area (Å²) >= 11 is 5.39. The molecule has 1 heterocycles. The first-order valence-corrected chi connectivity index (χ1v) is 6.43. The molecule has 0 saturated carbocycles. The summed E-state index contributed by atoms with van der Waals surface area (Å²) in [6.07, 6.45) is -2.89. The molecular formula is C7H5Cl2F2NO3S. The predicted octanol–water partition coefficient (Wildman–Crippen LogP) is 2.61. The van der Waals surface area contributed by atoms with Crippen LogP contribution < -0.4 is 4.74 Å². The van der Waals surface area contributed by atoms with Gasteiger partial charge in [0.25, 0.3) is 15.5 Å². The molecule has 0 spiro atoms. The minimum atomic E-state index is -4.20. The van der Waals surface area contributed by atoms with Gasteiger partial charge >= 0.3 is 0 Å². The Balaban J connectivity index is 3.51. The Bertz CT molecular complexity index is 507. The van der Waals surface area contributed by atoms with Gasteiger partial charge in [-0.2, -0.15) is 0 Å². The Morgan fingerprint density at radius 1 is 1.50 bits per heavy atom. The lowest BCUT2D eigenvalue weighted by molar-refractivity contribution is 0.150. The van der Waals surface area contributed by atoms with Crippen LogP contribution in [0.15, 0.2) is 11.1 Å². The number of methoxy groups -OCH3 is 1. The van der Waals surface area contributed by atoms with E-state index < -0.39 is 31.2 Å². The lowest BCUT2D eigenvalue weighted by atomic mass is 10.3. The van der Waals surface area contributed by atoms with E-state index in [4.69, 9.17) is 22.3 Å². The molecule has 0 atom stereocenters. The van der Waals surface area contributed by atoms with Gasteiger partial charge in [-0.3, -0.25) is 0 Å². The largest absolute Gasteiger partial charge is 0.494 e. The number of halogens is 4. The molecule has 0 aliphatic heterocycles. The summed E-state index contributed by atoms with van der Waals surface area (Å²) in [6.45, 7) is 0. The maximum absolute atomic E-state index is 12.4. The van der Waals surface area contributed by atoms with Gasteiger partial charge in [0.1, 0.15) is 5.15 Å². The van der Waals surface area contributed by atoms with Crippen LogP contribution in [0, 0.1) is 0 Å². The average Bonchev–Trinajstić information content (AvgIpc) is 2.15. The van der Waals surface area contributed by atoms with Gasteiger partial charge in [-0.1, -0.05) is 11.6 Å². The highest BCUT2D eigenvalue weighted by Gasteiger charge is 2.24. The SMILES string of the molecule is COc1cc(C(F)F)c(Cl)nc1S(=O)(=O)Cl. The summed E-state index contributed by atoms with van der Waals surface area (Å²) in [6, 6.07) is 0.787. The molecule has 0 fully saturated rings. The highest BCUT2D eigenvalue weighted by atomic mass is 35.7. The zero-order valence-electron chi connectivity index (χ0n) is 7.75. The summed E-state index contributed by atoms with van der Waals surface area (Å²) < 4.78 is 51.5. The van der Waals surface area contributed by atoms with Crippen LogP contribution in [0.2, 0.25) is 5.15 Å². The van der Waals surface area contributed by atoms with Crippen molar-refractivity contribution in [2.24, 2.45) is 0 Å². The molecule has 0 aromatic carbocycles. The zero-order chi connectivity index (χ0) is 12.5. The van der Waals surface area contributed by atoms with Crippen LogP contribution in [-0.2, 0) is 9.05 Å². The quantitative estimate of drug-likeness (QED) is 0.634. The summed E-state index contributed by atoms with van der Waals surface area (Å²) in [5.74, 6) is -0.380. The molecule has 0 aliphatic rings. The van der Waals surface area contributed by atoms with Gasteiger partial charge < -0.3 is 4.74 Å². The van der Waals surface area contributed by atoms with Crippen molar-refractivity contribution in [1.29, 1.82) is 0 Å². The molecule has 0 aliphatic carbocycles. The molecule has 0 saturated heterocycles.